The predicted octanol–water partition coefficient (Wildman–Crippen LogP) is 3.02. The maximum atomic E-state index is 12.7. The molecule has 148 valence electrons. The molecule has 6 nitrogen and oxygen atoms in total. The number of rotatable bonds is 6. The van der Waals surface area contributed by atoms with Crippen LogP contribution in [-0.4, -0.2) is 46.3 Å². The van der Waals surface area contributed by atoms with Gasteiger partial charge in [0, 0.05) is 55.7 Å². The van der Waals surface area contributed by atoms with Crippen molar-refractivity contribution < 1.29 is 9.59 Å². The van der Waals surface area contributed by atoms with Crippen molar-refractivity contribution >= 4 is 23.2 Å². The predicted molar refractivity (Wildman–Crippen MR) is 108 cm³/mol. The van der Waals surface area contributed by atoms with Crippen LogP contribution in [0.2, 0.25) is 0 Å². The van der Waals surface area contributed by atoms with E-state index in [2.05, 4.69) is 15.7 Å². The van der Waals surface area contributed by atoms with Crippen molar-refractivity contribution in [1.29, 1.82) is 0 Å². The summed E-state index contributed by atoms with van der Waals surface area (Å²) in [4.78, 5) is 35.4. The van der Waals surface area contributed by atoms with Crippen LogP contribution in [-0.2, 0) is 11.2 Å². The number of likely N-dealkylation sites (tertiary alicyclic amines) is 1. The van der Waals surface area contributed by atoms with E-state index >= 15 is 0 Å². The van der Waals surface area contributed by atoms with Crippen LogP contribution in [0, 0.1) is 5.92 Å². The number of nitrogens with one attached hydrogen (secondary N) is 1. The third-order valence-electron chi connectivity index (χ3n) is 5.69. The summed E-state index contributed by atoms with van der Waals surface area (Å²) in [6, 6.07) is 3.61. The third kappa shape index (κ3) is 4.41. The van der Waals surface area contributed by atoms with Crippen molar-refractivity contribution in [2.75, 3.05) is 19.6 Å². The lowest BCUT2D eigenvalue weighted by molar-refractivity contribution is -0.127. The summed E-state index contributed by atoms with van der Waals surface area (Å²) in [5.74, 6) is 0.765. The SMILES string of the molecule is O=C(NCCc1csc([C@@H]2CCCN(C(=O)c3cccnc3)C2)n1)C1CCC1. The highest BCUT2D eigenvalue weighted by atomic mass is 32.1. The second-order valence-corrected chi connectivity index (χ2v) is 8.57. The smallest absolute Gasteiger partial charge is 0.255 e. The first-order chi connectivity index (χ1) is 13.7. The van der Waals surface area contributed by atoms with Crippen LogP contribution in [0.4, 0.5) is 0 Å². The van der Waals surface area contributed by atoms with Crippen LogP contribution < -0.4 is 5.32 Å². The lowest BCUT2D eigenvalue weighted by Gasteiger charge is -2.31. The van der Waals surface area contributed by atoms with E-state index in [9.17, 15) is 9.59 Å². The molecule has 0 radical (unpaired) electrons. The minimum Gasteiger partial charge on any atom is -0.355 e. The first-order valence-corrected chi connectivity index (χ1v) is 11.0. The Labute approximate surface area is 169 Å². The zero-order chi connectivity index (χ0) is 19.3. The summed E-state index contributed by atoms with van der Waals surface area (Å²) in [6.07, 6.45) is 9.36. The molecule has 2 fully saturated rings. The van der Waals surface area contributed by atoms with Gasteiger partial charge in [-0.05, 0) is 37.8 Å². The van der Waals surface area contributed by atoms with Gasteiger partial charge in [0.2, 0.25) is 5.91 Å². The van der Waals surface area contributed by atoms with Gasteiger partial charge in [-0.1, -0.05) is 6.42 Å². The molecule has 3 heterocycles. The lowest BCUT2D eigenvalue weighted by atomic mass is 9.85. The fourth-order valence-electron chi connectivity index (χ4n) is 3.79. The Balaban J connectivity index is 1.30. The molecule has 1 aliphatic carbocycles. The third-order valence-corrected chi connectivity index (χ3v) is 6.75. The van der Waals surface area contributed by atoms with Crippen LogP contribution in [0.1, 0.15) is 59.1 Å². The monoisotopic (exact) mass is 398 g/mol. The number of thiazole rings is 1. The Morgan fingerprint density at radius 3 is 2.89 bits per heavy atom. The van der Waals surface area contributed by atoms with E-state index in [1.807, 2.05) is 11.0 Å². The second kappa shape index (κ2) is 8.82. The fourth-order valence-corrected chi connectivity index (χ4v) is 4.77. The molecule has 1 atom stereocenters. The molecular formula is C21H26N4O2S. The molecule has 0 spiro atoms. The molecule has 1 saturated heterocycles. The van der Waals surface area contributed by atoms with Crippen molar-refractivity contribution in [1.82, 2.24) is 20.2 Å². The highest BCUT2D eigenvalue weighted by molar-refractivity contribution is 7.09. The van der Waals surface area contributed by atoms with Crippen LogP contribution >= 0.6 is 11.3 Å². The molecule has 2 aliphatic rings. The molecular weight excluding hydrogens is 372 g/mol. The normalized spacial score (nSPS) is 19.9. The van der Waals surface area contributed by atoms with Crippen LogP contribution in [0.25, 0.3) is 0 Å². The van der Waals surface area contributed by atoms with Crippen LogP contribution in [0.3, 0.4) is 0 Å². The van der Waals surface area contributed by atoms with Crippen LogP contribution in [0.5, 0.6) is 0 Å². The Bertz CT molecular complexity index is 819. The Morgan fingerprint density at radius 2 is 2.14 bits per heavy atom. The molecule has 0 bridgehead atoms. The first-order valence-electron chi connectivity index (χ1n) is 10.1. The molecule has 28 heavy (non-hydrogen) atoms. The molecule has 0 unspecified atom stereocenters. The molecule has 2 aromatic rings. The van der Waals surface area contributed by atoms with E-state index < -0.39 is 0 Å². The zero-order valence-corrected chi connectivity index (χ0v) is 16.8. The van der Waals surface area contributed by atoms with E-state index in [0.29, 0.717) is 18.7 Å². The van der Waals surface area contributed by atoms with Gasteiger partial charge >= 0.3 is 0 Å². The highest BCUT2D eigenvalue weighted by Crippen LogP contribution is 2.30. The first kappa shape index (κ1) is 19.1. The van der Waals surface area contributed by atoms with Gasteiger partial charge in [-0.25, -0.2) is 4.98 Å². The number of nitrogens with zero attached hydrogens (tertiary/aromatic N) is 3. The molecule has 2 aromatic heterocycles. The maximum Gasteiger partial charge on any atom is 0.255 e. The number of carbonyl (C=O) groups excluding carboxylic acids is 2. The molecule has 2 amide bonds. The number of hydrogen-bond donors (Lipinski definition) is 1. The van der Waals surface area contributed by atoms with E-state index in [-0.39, 0.29) is 23.7 Å². The number of carbonyl (C=O) groups is 2. The summed E-state index contributed by atoms with van der Waals surface area (Å²) in [5, 5.41) is 6.22. The van der Waals surface area contributed by atoms with Gasteiger partial charge in [0.1, 0.15) is 0 Å². The summed E-state index contributed by atoms with van der Waals surface area (Å²) in [5.41, 5.74) is 1.68. The van der Waals surface area contributed by atoms with E-state index in [4.69, 9.17) is 4.98 Å². The summed E-state index contributed by atoms with van der Waals surface area (Å²) >= 11 is 1.67. The molecule has 1 N–H and O–H groups in total. The minimum atomic E-state index is 0.0493. The van der Waals surface area contributed by atoms with Crippen molar-refractivity contribution in [2.24, 2.45) is 5.92 Å². The molecule has 1 saturated carbocycles. The standard InChI is InChI=1S/C21H26N4O2S/c26-19(15-4-1-5-15)23-10-8-18-14-28-20(24-18)17-7-3-11-25(13-17)21(27)16-6-2-9-22-12-16/h2,6,9,12,14-15,17H,1,3-5,7-8,10-11,13H2,(H,23,26)/t17-/m1/s1. The van der Waals surface area contributed by atoms with Crippen molar-refractivity contribution in [3.05, 3.63) is 46.2 Å². The quantitative estimate of drug-likeness (QED) is 0.812. The maximum absolute atomic E-state index is 12.7. The number of hydrogen-bond acceptors (Lipinski definition) is 5. The topological polar surface area (TPSA) is 75.2 Å². The minimum absolute atomic E-state index is 0.0493. The summed E-state index contributed by atoms with van der Waals surface area (Å²) < 4.78 is 0. The number of pyridine rings is 1. The van der Waals surface area contributed by atoms with Gasteiger partial charge in [-0.15, -0.1) is 11.3 Å². The van der Waals surface area contributed by atoms with E-state index in [0.717, 1.165) is 49.4 Å². The van der Waals surface area contributed by atoms with Crippen molar-refractivity contribution in [2.45, 2.75) is 44.4 Å². The van der Waals surface area contributed by atoms with Gasteiger partial charge in [0.25, 0.3) is 5.91 Å². The van der Waals surface area contributed by atoms with Gasteiger partial charge in [-0.3, -0.25) is 14.6 Å². The van der Waals surface area contributed by atoms with Crippen LogP contribution in [0.15, 0.2) is 29.9 Å². The Kier molecular flexibility index (Phi) is 6.00. The van der Waals surface area contributed by atoms with E-state index in [1.165, 1.54) is 6.42 Å². The average molecular weight is 399 g/mol. The summed E-state index contributed by atoms with van der Waals surface area (Å²) in [6.45, 7) is 2.14. The van der Waals surface area contributed by atoms with Crippen molar-refractivity contribution in [3.8, 4) is 0 Å². The number of aromatic nitrogens is 2. The average Bonchev–Trinajstić information content (AvgIpc) is 3.16. The Morgan fingerprint density at radius 1 is 1.25 bits per heavy atom. The van der Waals surface area contributed by atoms with Gasteiger partial charge in [0.15, 0.2) is 0 Å². The fraction of sp³-hybridized carbons (Fsp3) is 0.524. The van der Waals surface area contributed by atoms with Crippen molar-refractivity contribution in [3.63, 3.8) is 0 Å². The van der Waals surface area contributed by atoms with Gasteiger partial charge in [-0.2, -0.15) is 0 Å². The Hall–Kier alpha value is -2.28. The van der Waals surface area contributed by atoms with Gasteiger partial charge in [0.05, 0.1) is 16.3 Å². The highest BCUT2D eigenvalue weighted by Gasteiger charge is 2.28. The molecule has 0 aromatic carbocycles. The molecule has 1 aliphatic heterocycles. The largest absolute Gasteiger partial charge is 0.355 e. The van der Waals surface area contributed by atoms with Gasteiger partial charge < -0.3 is 10.2 Å². The number of piperidine rings is 1. The molecule has 7 heteroatoms. The number of amides is 2. The zero-order valence-electron chi connectivity index (χ0n) is 16.0. The summed E-state index contributed by atoms with van der Waals surface area (Å²) in [7, 11) is 0. The second-order valence-electron chi connectivity index (χ2n) is 7.68. The lowest BCUT2D eigenvalue weighted by Crippen LogP contribution is -2.39. The molecule has 4 rings (SSSR count). The van der Waals surface area contributed by atoms with E-state index in [1.54, 1.807) is 29.8 Å².